The Morgan fingerprint density at radius 3 is 2.12 bits per heavy atom. The van der Waals surface area contributed by atoms with Crippen molar-refractivity contribution in [3.8, 4) is 11.5 Å². The highest BCUT2D eigenvalue weighted by atomic mass is 35.5. The quantitative estimate of drug-likeness (QED) is 0.713. The zero-order valence-corrected chi connectivity index (χ0v) is 16.2. The summed E-state index contributed by atoms with van der Waals surface area (Å²) in [5.74, 6) is 0.792. The second kappa shape index (κ2) is 10.8. The molecule has 1 aromatic rings. The van der Waals surface area contributed by atoms with Crippen LogP contribution < -0.4 is 20.5 Å². The number of carbonyl (C=O) groups is 2. The number of nitrogens with two attached hydrogens (primary N) is 1. The molecule has 0 unspecified atom stereocenters. The summed E-state index contributed by atoms with van der Waals surface area (Å²) in [6, 6.07) is 4.81. The molecule has 142 valence electrons. The lowest BCUT2D eigenvalue weighted by molar-refractivity contribution is -0.132. The van der Waals surface area contributed by atoms with Crippen LogP contribution in [0.1, 0.15) is 19.4 Å². The molecule has 2 amide bonds. The maximum absolute atomic E-state index is 12.2. The Morgan fingerprint density at radius 1 is 1.16 bits per heavy atom. The number of carbonyl (C=O) groups excluding carboxylic acids is 2. The fraction of sp³-hybridized carbons (Fsp3) is 0.529. The molecule has 1 aromatic carbocycles. The summed E-state index contributed by atoms with van der Waals surface area (Å²) in [7, 11) is 4.81. The average Bonchev–Trinajstić information content (AvgIpc) is 2.57. The number of hydrogen-bond donors (Lipinski definition) is 2. The zero-order valence-electron chi connectivity index (χ0n) is 15.4. The van der Waals surface area contributed by atoms with Crippen LogP contribution in [0.2, 0.25) is 0 Å². The van der Waals surface area contributed by atoms with Crippen LogP contribution in [0.3, 0.4) is 0 Å². The highest BCUT2D eigenvalue weighted by Crippen LogP contribution is 2.23. The first-order valence-corrected chi connectivity index (χ1v) is 7.77. The molecule has 1 atom stereocenters. The van der Waals surface area contributed by atoms with Gasteiger partial charge in [-0.05, 0) is 23.6 Å². The Kier molecular flexibility index (Phi) is 9.93. The number of hydrogen-bond acceptors (Lipinski definition) is 5. The van der Waals surface area contributed by atoms with E-state index in [0.29, 0.717) is 18.0 Å². The minimum Gasteiger partial charge on any atom is -0.497 e. The van der Waals surface area contributed by atoms with Crippen molar-refractivity contribution in [3.05, 3.63) is 23.8 Å². The number of benzene rings is 1. The van der Waals surface area contributed by atoms with Crippen LogP contribution in [-0.2, 0) is 16.1 Å². The van der Waals surface area contributed by atoms with Gasteiger partial charge < -0.3 is 25.4 Å². The van der Waals surface area contributed by atoms with E-state index in [0.717, 1.165) is 5.56 Å². The van der Waals surface area contributed by atoms with E-state index in [2.05, 4.69) is 5.32 Å². The van der Waals surface area contributed by atoms with Gasteiger partial charge in [-0.1, -0.05) is 13.8 Å². The number of nitrogens with one attached hydrogen (secondary N) is 1. The fourth-order valence-electron chi connectivity index (χ4n) is 2.04. The lowest BCUT2D eigenvalue weighted by Crippen LogP contribution is -2.47. The highest BCUT2D eigenvalue weighted by molar-refractivity contribution is 5.87. The van der Waals surface area contributed by atoms with Crippen molar-refractivity contribution in [1.29, 1.82) is 0 Å². The molecule has 0 aliphatic heterocycles. The lowest BCUT2D eigenvalue weighted by Gasteiger charge is -2.20. The molecule has 25 heavy (non-hydrogen) atoms. The van der Waals surface area contributed by atoms with E-state index in [1.807, 2.05) is 26.0 Å². The van der Waals surface area contributed by atoms with Gasteiger partial charge in [0.2, 0.25) is 11.8 Å². The Labute approximate surface area is 155 Å². The van der Waals surface area contributed by atoms with Crippen molar-refractivity contribution in [2.75, 3.05) is 27.8 Å². The second-order valence-corrected chi connectivity index (χ2v) is 5.96. The third-order valence-electron chi connectivity index (χ3n) is 3.69. The summed E-state index contributed by atoms with van der Waals surface area (Å²) >= 11 is 0. The van der Waals surface area contributed by atoms with Crippen molar-refractivity contribution < 1.29 is 19.1 Å². The minimum atomic E-state index is -0.620. The first-order valence-electron chi connectivity index (χ1n) is 7.77. The number of nitrogens with zero attached hydrogens (tertiary/aromatic N) is 1. The number of likely N-dealkylation sites (N-methyl/N-ethyl adjacent to an activating group) is 1. The molecule has 1 rings (SSSR count). The SMILES string of the molecule is COc1cc(CN(C)C(=O)CNC(=O)[C@@H](N)C(C)C)cc(OC)c1.Cl. The van der Waals surface area contributed by atoms with Gasteiger partial charge in [-0.2, -0.15) is 0 Å². The fourth-order valence-corrected chi connectivity index (χ4v) is 2.04. The molecule has 0 saturated carbocycles. The molecule has 7 nitrogen and oxygen atoms in total. The van der Waals surface area contributed by atoms with E-state index in [1.165, 1.54) is 4.90 Å². The summed E-state index contributed by atoms with van der Waals surface area (Å²) in [4.78, 5) is 25.5. The topological polar surface area (TPSA) is 93.9 Å². The van der Waals surface area contributed by atoms with Gasteiger partial charge in [-0.25, -0.2) is 0 Å². The van der Waals surface area contributed by atoms with Gasteiger partial charge >= 0.3 is 0 Å². The van der Waals surface area contributed by atoms with Gasteiger partial charge in [0, 0.05) is 19.7 Å². The monoisotopic (exact) mass is 373 g/mol. The number of ether oxygens (including phenoxy) is 2. The molecule has 0 aliphatic carbocycles. The number of rotatable bonds is 8. The Morgan fingerprint density at radius 2 is 1.68 bits per heavy atom. The van der Waals surface area contributed by atoms with Crippen LogP contribution in [0.25, 0.3) is 0 Å². The van der Waals surface area contributed by atoms with Gasteiger partial charge in [-0.15, -0.1) is 12.4 Å². The van der Waals surface area contributed by atoms with Crippen LogP contribution in [0.4, 0.5) is 0 Å². The van der Waals surface area contributed by atoms with Crippen molar-refractivity contribution >= 4 is 24.2 Å². The van der Waals surface area contributed by atoms with Crippen LogP contribution in [-0.4, -0.2) is 50.6 Å². The van der Waals surface area contributed by atoms with Crippen molar-refractivity contribution in [2.24, 2.45) is 11.7 Å². The highest BCUT2D eigenvalue weighted by Gasteiger charge is 2.18. The predicted molar refractivity (Wildman–Crippen MR) is 99.1 cm³/mol. The van der Waals surface area contributed by atoms with Crippen molar-refractivity contribution in [1.82, 2.24) is 10.2 Å². The normalized spacial score (nSPS) is 11.3. The number of amides is 2. The molecule has 0 heterocycles. The molecule has 0 saturated heterocycles. The van der Waals surface area contributed by atoms with Crippen LogP contribution in [0, 0.1) is 5.92 Å². The summed E-state index contributed by atoms with van der Waals surface area (Å²) in [6.45, 7) is 4.00. The van der Waals surface area contributed by atoms with Gasteiger partial charge in [-0.3, -0.25) is 9.59 Å². The summed E-state index contributed by atoms with van der Waals surface area (Å²) in [6.07, 6.45) is 0. The van der Waals surface area contributed by atoms with Gasteiger partial charge in [0.25, 0.3) is 0 Å². The van der Waals surface area contributed by atoms with E-state index in [4.69, 9.17) is 15.2 Å². The zero-order chi connectivity index (χ0) is 18.3. The van der Waals surface area contributed by atoms with Crippen LogP contribution >= 0.6 is 12.4 Å². The molecule has 0 fully saturated rings. The molecule has 0 bridgehead atoms. The Hall–Kier alpha value is -1.99. The largest absolute Gasteiger partial charge is 0.497 e. The van der Waals surface area contributed by atoms with E-state index in [-0.39, 0.29) is 36.7 Å². The first kappa shape index (κ1) is 23.0. The van der Waals surface area contributed by atoms with E-state index >= 15 is 0 Å². The summed E-state index contributed by atoms with van der Waals surface area (Å²) in [5, 5.41) is 2.57. The minimum absolute atomic E-state index is 0. The Bertz CT molecular complexity index is 559. The third kappa shape index (κ3) is 7.19. The van der Waals surface area contributed by atoms with Crippen LogP contribution in [0.5, 0.6) is 11.5 Å². The van der Waals surface area contributed by atoms with Crippen molar-refractivity contribution in [2.45, 2.75) is 26.4 Å². The molecule has 0 aromatic heterocycles. The molecular weight excluding hydrogens is 346 g/mol. The van der Waals surface area contributed by atoms with Gasteiger partial charge in [0.1, 0.15) is 11.5 Å². The van der Waals surface area contributed by atoms with Crippen LogP contribution in [0.15, 0.2) is 18.2 Å². The lowest BCUT2D eigenvalue weighted by atomic mass is 10.1. The second-order valence-electron chi connectivity index (χ2n) is 5.96. The smallest absolute Gasteiger partial charge is 0.242 e. The van der Waals surface area contributed by atoms with Gasteiger partial charge in [0.15, 0.2) is 0 Å². The maximum Gasteiger partial charge on any atom is 0.242 e. The number of methoxy groups -OCH3 is 2. The molecule has 0 aliphatic rings. The third-order valence-corrected chi connectivity index (χ3v) is 3.69. The van der Waals surface area contributed by atoms with Gasteiger partial charge in [0.05, 0.1) is 26.8 Å². The molecular formula is C17H28ClN3O4. The first-order chi connectivity index (χ1) is 11.3. The van der Waals surface area contributed by atoms with E-state index in [9.17, 15) is 9.59 Å². The average molecular weight is 374 g/mol. The summed E-state index contributed by atoms with van der Waals surface area (Å²) in [5.41, 5.74) is 6.61. The Balaban J connectivity index is 0.00000576. The predicted octanol–water partition coefficient (Wildman–Crippen LogP) is 1.18. The number of halogens is 1. The molecule has 8 heteroatoms. The van der Waals surface area contributed by atoms with E-state index < -0.39 is 6.04 Å². The van der Waals surface area contributed by atoms with Crippen molar-refractivity contribution in [3.63, 3.8) is 0 Å². The summed E-state index contributed by atoms with van der Waals surface area (Å²) < 4.78 is 10.4. The van der Waals surface area contributed by atoms with E-state index in [1.54, 1.807) is 27.3 Å². The molecule has 3 N–H and O–H groups in total. The maximum atomic E-state index is 12.2. The molecule has 0 spiro atoms. The molecule has 0 radical (unpaired) electrons. The standard InChI is InChI=1S/C17H27N3O4.ClH/c1-11(2)16(18)17(22)19-9-15(21)20(3)10-12-6-13(23-4)8-14(7-12)24-5;/h6-8,11,16H,9-10,18H2,1-5H3,(H,19,22);1H/t16-;/m0./s1.